The van der Waals surface area contributed by atoms with E-state index in [1.54, 1.807) is 11.3 Å². The molecular weight excluding hydrogens is 372 g/mol. The molecule has 0 bridgehead atoms. The van der Waals surface area contributed by atoms with Crippen LogP contribution < -0.4 is 10.6 Å². The quantitative estimate of drug-likeness (QED) is 0.524. The zero-order valence-electron chi connectivity index (χ0n) is 17.3. The van der Waals surface area contributed by atoms with Gasteiger partial charge in [0.15, 0.2) is 5.96 Å². The van der Waals surface area contributed by atoms with Gasteiger partial charge in [-0.3, -0.25) is 4.79 Å². The molecule has 0 saturated carbocycles. The van der Waals surface area contributed by atoms with Crippen molar-refractivity contribution in [3.8, 4) is 0 Å². The van der Waals surface area contributed by atoms with E-state index in [9.17, 15) is 4.79 Å². The summed E-state index contributed by atoms with van der Waals surface area (Å²) in [6.45, 7) is 6.44. The van der Waals surface area contributed by atoms with Crippen LogP contribution in [0, 0.1) is 6.92 Å². The maximum Gasteiger partial charge on any atom is 0.238 e. The van der Waals surface area contributed by atoms with E-state index in [0.29, 0.717) is 19.6 Å². The zero-order valence-corrected chi connectivity index (χ0v) is 18.1. The van der Waals surface area contributed by atoms with Gasteiger partial charge in [-0.1, -0.05) is 12.1 Å². The molecule has 1 aromatic heterocycles. The van der Waals surface area contributed by atoms with Crippen molar-refractivity contribution in [3.63, 3.8) is 0 Å². The summed E-state index contributed by atoms with van der Waals surface area (Å²) in [5.41, 5.74) is 2.87. The van der Waals surface area contributed by atoms with Crippen molar-refractivity contribution >= 4 is 28.9 Å². The van der Waals surface area contributed by atoms with Crippen LogP contribution >= 0.6 is 11.3 Å². The maximum atomic E-state index is 11.9. The van der Waals surface area contributed by atoms with E-state index in [4.69, 9.17) is 4.99 Å². The summed E-state index contributed by atoms with van der Waals surface area (Å²) in [5, 5.41) is 9.39. The molecule has 7 nitrogen and oxygen atoms in total. The highest BCUT2D eigenvalue weighted by molar-refractivity contribution is 7.09. The summed E-state index contributed by atoms with van der Waals surface area (Å²) in [5.74, 6) is 0.799. The molecule has 2 aromatic rings. The van der Waals surface area contributed by atoms with Gasteiger partial charge in [-0.05, 0) is 45.6 Å². The summed E-state index contributed by atoms with van der Waals surface area (Å²) < 4.78 is 0. The second-order valence-corrected chi connectivity index (χ2v) is 7.93. The molecule has 0 radical (unpaired) electrons. The third-order valence-corrected chi connectivity index (χ3v) is 4.67. The molecular formula is C20H30N6OS. The van der Waals surface area contributed by atoms with E-state index in [0.717, 1.165) is 34.5 Å². The van der Waals surface area contributed by atoms with E-state index < -0.39 is 0 Å². The Labute approximate surface area is 171 Å². The number of hydrogen-bond donors (Lipinski definition) is 2. The van der Waals surface area contributed by atoms with Crippen LogP contribution in [-0.4, -0.2) is 60.9 Å². The molecule has 0 fully saturated rings. The van der Waals surface area contributed by atoms with Crippen LogP contribution in [0.1, 0.15) is 23.2 Å². The number of nitrogens with one attached hydrogen (secondary N) is 2. The predicted octanol–water partition coefficient (Wildman–Crippen LogP) is 2.55. The van der Waals surface area contributed by atoms with E-state index in [1.165, 1.54) is 0 Å². The second-order valence-electron chi connectivity index (χ2n) is 6.87. The van der Waals surface area contributed by atoms with Gasteiger partial charge in [-0.25, -0.2) is 9.98 Å². The molecule has 0 aliphatic heterocycles. The number of aryl methyl sites for hydroxylation is 1. The molecule has 0 aliphatic carbocycles. The van der Waals surface area contributed by atoms with Gasteiger partial charge in [-0.15, -0.1) is 11.3 Å². The minimum atomic E-state index is -0.0303. The van der Waals surface area contributed by atoms with Crippen LogP contribution in [0.5, 0.6) is 0 Å². The lowest BCUT2D eigenvalue weighted by Gasteiger charge is -2.21. The smallest absolute Gasteiger partial charge is 0.238 e. The van der Waals surface area contributed by atoms with Crippen molar-refractivity contribution in [1.82, 2.24) is 20.1 Å². The lowest BCUT2D eigenvalue weighted by molar-refractivity contribution is -0.116. The van der Waals surface area contributed by atoms with Crippen molar-refractivity contribution in [1.29, 1.82) is 0 Å². The van der Waals surface area contributed by atoms with Crippen molar-refractivity contribution in [2.24, 2.45) is 4.99 Å². The summed E-state index contributed by atoms with van der Waals surface area (Å²) in [4.78, 5) is 25.1. The lowest BCUT2D eigenvalue weighted by atomic mass is 10.2. The first-order valence-electron chi connectivity index (χ1n) is 9.31. The Morgan fingerprint density at radius 2 is 2.07 bits per heavy atom. The van der Waals surface area contributed by atoms with E-state index in [1.807, 2.05) is 57.2 Å². The first kappa shape index (κ1) is 21.8. The van der Waals surface area contributed by atoms with Crippen LogP contribution in [0.2, 0.25) is 0 Å². The van der Waals surface area contributed by atoms with Crippen LogP contribution in [0.4, 0.5) is 5.69 Å². The van der Waals surface area contributed by atoms with Crippen molar-refractivity contribution < 1.29 is 4.79 Å². The third-order valence-electron chi connectivity index (χ3n) is 3.84. The standard InChI is InChI=1S/C20H30N6OS/c1-6-21-20(26(5)12-18-14-28-15(2)23-18)22-11-16-8-7-9-17(10-16)24-19(27)13-25(3)4/h7-10,14H,6,11-13H2,1-5H3,(H,21,22)(H,24,27). The van der Waals surface area contributed by atoms with Gasteiger partial charge in [0.05, 0.1) is 30.3 Å². The SMILES string of the molecule is CCNC(=NCc1cccc(NC(=O)CN(C)C)c1)N(C)Cc1csc(C)n1. The van der Waals surface area contributed by atoms with Crippen LogP contribution in [0.3, 0.4) is 0 Å². The fourth-order valence-corrected chi connectivity index (χ4v) is 3.27. The Bertz CT molecular complexity index is 801. The number of carbonyl (C=O) groups excluding carboxylic acids is 1. The van der Waals surface area contributed by atoms with Gasteiger partial charge in [0.25, 0.3) is 0 Å². The normalized spacial score (nSPS) is 11.6. The highest BCUT2D eigenvalue weighted by Crippen LogP contribution is 2.13. The number of aliphatic imine (C=N–C) groups is 1. The summed E-state index contributed by atoms with van der Waals surface area (Å²) >= 11 is 1.66. The Hall–Kier alpha value is -2.45. The largest absolute Gasteiger partial charge is 0.357 e. The Balaban J connectivity index is 2.03. The molecule has 8 heteroatoms. The average molecular weight is 403 g/mol. The Morgan fingerprint density at radius 3 is 2.71 bits per heavy atom. The second kappa shape index (κ2) is 10.8. The number of likely N-dealkylation sites (N-methyl/N-ethyl adjacent to an activating group) is 1. The number of anilines is 1. The average Bonchev–Trinajstić information content (AvgIpc) is 3.02. The number of amides is 1. The van der Waals surface area contributed by atoms with Crippen molar-refractivity contribution in [2.45, 2.75) is 26.9 Å². The molecule has 28 heavy (non-hydrogen) atoms. The number of thiazole rings is 1. The molecule has 0 aliphatic rings. The number of benzene rings is 1. The minimum Gasteiger partial charge on any atom is -0.357 e. The van der Waals surface area contributed by atoms with E-state index in [2.05, 4.69) is 32.8 Å². The van der Waals surface area contributed by atoms with Gasteiger partial charge in [0.1, 0.15) is 0 Å². The lowest BCUT2D eigenvalue weighted by Crippen LogP contribution is -2.38. The number of aromatic nitrogens is 1. The number of hydrogen-bond acceptors (Lipinski definition) is 5. The van der Waals surface area contributed by atoms with Gasteiger partial charge >= 0.3 is 0 Å². The summed E-state index contributed by atoms with van der Waals surface area (Å²) in [6, 6.07) is 7.80. The fourth-order valence-electron chi connectivity index (χ4n) is 2.67. The predicted molar refractivity (Wildman–Crippen MR) is 117 cm³/mol. The number of rotatable bonds is 8. The van der Waals surface area contributed by atoms with Gasteiger partial charge in [0.2, 0.25) is 5.91 Å². The first-order chi connectivity index (χ1) is 13.4. The highest BCUT2D eigenvalue weighted by atomic mass is 32.1. The molecule has 2 rings (SSSR count). The molecule has 1 aromatic carbocycles. The summed E-state index contributed by atoms with van der Waals surface area (Å²) in [7, 11) is 5.75. The monoisotopic (exact) mass is 402 g/mol. The fraction of sp³-hybridized carbons (Fsp3) is 0.450. The Kier molecular flexibility index (Phi) is 8.41. The molecule has 0 atom stereocenters. The molecule has 0 unspecified atom stereocenters. The van der Waals surface area contributed by atoms with Crippen LogP contribution in [-0.2, 0) is 17.9 Å². The zero-order chi connectivity index (χ0) is 20.5. The summed E-state index contributed by atoms with van der Waals surface area (Å²) in [6.07, 6.45) is 0. The van der Waals surface area contributed by atoms with Crippen molar-refractivity contribution in [3.05, 3.63) is 45.9 Å². The first-order valence-corrected chi connectivity index (χ1v) is 10.2. The molecule has 2 N–H and O–H groups in total. The Morgan fingerprint density at radius 1 is 1.29 bits per heavy atom. The molecule has 1 heterocycles. The van der Waals surface area contributed by atoms with Crippen molar-refractivity contribution in [2.75, 3.05) is 39.5 Å². The topological polar surface area (TPSA) is 72.9 Å². The molecule has 0 spiro atoms. The highest BCUT2D eigenvalue weighted by Gasteiger charge is 2.09. The maximum absolute atomic E-state index is 11.9. The number of nitrogens with zero attached hydrogens (tertiary/aromatic N) is 4. The molecule has 1 amide bonds. The van der Waals surface area contributed by atoms with E-state index in [-0.39, 0.29) is 5.91 Å². The third kappa shape index (κ3) is 7.28. The molecule has 0 saturated heterocycles. The van der Waals surface area contributed by atoms with E-state index >= 15 is 0 Å². The van der Waals surface area contributed by atoms with Gasteiger partial charge in [-0.2, -0.15) is 0 Å². The minimum absolute atomic E-state index is 0.0303. The molecule has 152 valence electrons. The number of guanidine groups is 1. The van der Waals surface area contributed by atoms with Crippen LogP contribution in [0.15, 0.2) is 34.6 Å². The van der Waals surface area contributed by atoms with Crippen LogP contribution in [0.25, 0.3) is 0 Å². The van der Waals surface area contributed by atoms with Gasteiger partial charge in [0, 0.05) is 24.7 Å². The number of carbonyl (C=O) groups is 1. The van der Waals surface area contributed by atoms with Gasteiger partial charge < -0.3 is 20.4 Å².